The molecule has 0 spiro atoms. The van der Waals surface area contributed by atoms with E-state index in [2.05, 4.69) is 54.0 Å². The molecule has 2 heterocycles. The van der Waals surface area contributed by atoms with Gasteiger partial charge in [0.05, 0.1) is 0 Å². The molecule has 0 bridgehead atoms. The molecule has 2 aliphatic rings. The summed E-state index contributed by atoms with van der Waals surface area (Å²) < 4.78 is 0. The zero-order valence-electron chi connectivity index (χ0n) is 16.5. The van der Waals surface area contributed by atoms with E-state index >= 15 is 0 Å². The number of likely N-dealkylation sites (tertiary alicyclic amines) is 1. The molecule has 1 unspecified atom stereocenters. The van der Waals surface area contributed by atoms with E-state index < -0.39 is 0 Å². The molecular weight excluding hydrogens is 383 g/mol. The average molecular weight is 417 g/mol. The van der Waals surface area contributed by atoms with Crippen LogP contribution < -0.4 is 10.6 Å². The third-order valence-electron chi connectivity index (χ3n) is 5.80. The Morgan fingerprint density at radius 2 is 1.70 bits per heavy atom. The molecule has 2 saturated heterocycles. The minimum Gasteiger partial charge on any atom is -0.369 e. The van der Waals surface area contributed by atoms with Gasteiger partial charge in [-0.3, -0.25) is 9.69 Å². The molecule has 7 heteroatoms. The van der Waals surface area contributed by atoms with Crippen molar-refractivity contribution in [2.45, 2.75) is 32.7 Å². The molecule has 0 saturated carbocycles. The first-order valence-electron chi connectivity index (χ1n) is 9.51. The summed E-state index contributed by atoms with van der Waals surface area (Å²) in [6.45, 7) is 10.9. The van der Waals surface area contributed by atoms with Gasteiger partial charge >= 0.3 is 0 Å². The summed E-state index contributed by atoms with van der Waals surface area (Å²) in [4.78, 5) is 19.4. The highest BCUT2D eigenvalue weighted by Crippen LogP contribution is 2.28. The van der Waals surface area contributed by atoms with Crippen molar-refractivity contribution in [2.24, 2.45) is 11.1 Å². The third kappa shape index (κ3) is 6.24. The van der Waals surface area contributed by atoms with E-state index in [0.717, 1.165) is 52.2 Å². The highest BCUT2D eigenvalue weighted by molar-refractivity contribution is 5.85. The average Bonchev–Trinajstić information content (AvgIpc) is 2.63. The number of anilines is 1. The fourth-order valence-electron chi connectivity index (χ4n) is 3.87. The van der Waals surface area contributed by atoms with Gasteiger partial charge < -0.3 is 15.5 Å². The Hall–Kier alpha value is -1.01. The van der Waals surface area contributed by atoms with Crippen molar-refractivity contribution in [2.75, 3.05) is 50.7 Å². The van der Waals surface area contributed by atoms with Crippen molar-refractivity contribution in [3.05, 3.63) is 30.3 Å². The normalized spacial score (nSPS) is 22.6. The summed E-state index contributed by atoms with van der Waals surface area (Å²) in [6.07, 6.45) is 1.53. The lowest BCUT2D eigenvalue weighted by molar-refractivity contribution is -0.135. The van der Waals surface area contributed by atoms with Crippen molar-refractivity contribution < 1.29 is 4.79 Å². The number of carbonyl (C=O) groups is 1. The minimum atomic E-state index is 0. The topological polar surface area (TPSA) is 52.8 Å². The highest BCUT2D eigenvalue weighted by Gasteiger charge is 2.35. The van der Waals surface area contributed by atoms with Gasteiger partial charge in [-0.15, -0.1) is 24.8 Å². The molecule has 27 heavy (non-hydrogen) atoms. The Labute approximate surface area is 176 Å². The molecule has 3 rings (SSSR count). The fourth-order valence-corrected chi connectivity index (χ4v) is 3.87. The smallest absolute Gasteiger partial charge is 0.223 e. The second-order valence-corrected chi connectivity index (χ2v) is 8.11. The van der Waals surface area contributed by atoms with Gasteiger partial charge in [-0.05, 0) is 24.0 Å². The van der Waals surface area contributed by atoms with Gasteiger partial charge in [0.25, 0.3) is 0 Å². The first-order chi connectivity index (χ1) is 12.0. The fraction of sp³-hybridized carbons (Fsp3) is 0.650. The second-order valence-electron chi connectivity index (χ2n) is 8.11. The summed E-state index contributed by atoms with van der Waals surface area (Å²) in [6, 6.07) is 10.8. The van der Waals surface area contributed by atoms with Gasteiger partial charge in [-0.25, -0.2) is 0 Å². The van der Waals surface area contributed by atoms with Crippen LogP contribution in [0.2, 0.25) is 0 Å². The molecule has 0 aromatic heterocycles. The summed E-state index contributed by atoms with van der Waals surface area (Å²) in [5.41, 5.74) is 7.50. The van der Waals surface area contributed by atoms with Crippen LogP contribution in [-0.4, -0.2) is 67.6 Å². The molecule has 1 amide bonds. The van der Waals surface area contributed by atoms with E-state index in [1.807, 2.05) is 4.90 Å². The van der Waals surface area contributed by atoms with Gasteiger partial charge in [-0.2, -0.15) is 0 Å². The number of carbonyl (C=O) groups excluding carboxylic acids is 1. The van der Waals surface area contributed by atoms with E-state index in [9.17, 15) is 4.79 Å². The first-order valence-corrected chi connectivity index (χ1v) is 9.51. The number of piperidine rings is 1. The van der Waals surface area contributed by atoms with Crippen LogP contribution >= 0.6 is 24.8 Å². The van der Waals surface area contributed by atoms with Gasteiger partial charge in [0.15, 0.2) is 0 Å². The summed E-state index contributed by atoms with van der Waals surface area (Å²) >= 11 is 0. The van der Waals surface area contributed by atoms with E-state index in [-0.39, 0.29) is 42.2 Å². The lowest BCUT2D eigenvalue weighted by Crippen LogP contribution is -2.54. The predicted octanol–water partition coefficient (Wildman–Crippen LogP) is 2.63. The number of piperazine rings is 1. The number of amides is 1. The molecule has 5 nitrogen and oxygen atoms in total. The Morgan fingerprint density at radius 1 is 1.07 bits per heavy atom. The molecule has 1 aromatic carbocycles. The molecule has 2 N–H and O–H groups in total. The zero-order valence-corrected chi connectivity index (χ0v) is 18.1. The van der Waals surface area contributed by atoms with Gasteiger partial charge in [0, 0.05) is 64.0 Å². The largest absolute Gasteiger partial charge is 0.369 e. The maximum atomic E-state index is 12.6. The summed E-state index contributed by atoms with van der Waals surface area (Å²) in [5, 5.41) is 0. The van der Waals surface area contributed by atoms with Crippen LogP contribution in [0.5, 0.6) is 0 Å². The first kappa shape index (κ1) is 24.0. The van der Waals surface area contributed by atoms with Crippen LogP contribution in [0.15, 0.2) is 30.3 Å². The Bertz CT molecular complexity index is 577. The lowest BCUT2D eigenvalue weighted by atomic mass is 9.79. The number of hydrogen-bond acceptors (Lipinski definition) is 4. The molecule has 2 aliphatic heterocycles. The van der Waals surface area contributed by atoms with Crippen molar-refractivity contribution in [1.29, 1.82) is 0 Å². The molecule has 1 atom stereocenters. The van der Waals surface area contributed by atoms with Gasteiger partial charge in [-0.1, -0.05) is 32.0 Å². The van der Waals surface area contributed by atoms with Crippen LogP contribution in [0.3, 0.4) is 0 Å². The predicted molar refractivity (Wildman–Crippen MR) is 117 cm³/mol. The summed E-state index contributed by atoms with van der Waals surface area (Å²) in [7, 11) is 0. The molecule has 154 valence electrons. The maximum Gasteiger partial charge on any atom is 0.223 e. The number of para-hydroxylation sites is 1. The standard InChI is InChI=1S/C20H32N4O.2ClH/c1-20(2)16-24(11-8-18(20)21)19(25)9-10-22-12-14-23(15-13-22)17-6-4-3-5-7-17;;/h3-7,18H,8-16,21H2,1-2H3;2*1H. The number of halogens is 2. The lowest BCUT2D eigenvalue weighted by Gasteiger charge is -2.43. The quantitative estimate of drug-likeness (QED) is 0.819. The maximum absolute atomic E-state index is 12.6. The van der Waals surface area contributed by atoms with Crippen molar-refractivity contribution in [1.82, 2.24) is 9.80 Å². The zero-order chi connectivity index (χ0) is 17.9. The molecule has 0 aliphatic carbocycles. The van der Waals surface area contributed by atoms with E-state index in [0.29, 0.717) is 6.42 Å². The summed E-state index contributed by atoms with van der Waals surface area (Å²) in [5.74, 6) is 0.283. The molecule has 2 fully saturated rings. The minimum absolute atomic E-state index is 0. The SMILES string of the molecule is CC1(C)CN(C(=O)CCN2CCN(c3ccccc3)CC2)CCC1N.Cl.Cl. The number of rotatable bonds is 4. The number of nitrogens with two attached hydrogens (primary N) is 1. The van der Waals surface area contributed by atoms with Crippen molar-refractivity contribution >= 4 is 36.4 Å². The van der Waals surface area contributed by atoms with Crippen molar-refractivity contribution in [3.63, 3.8) is 0 Å². The van der Waals surface area contributed by atoms with Gasteiger partial charge in [0.1, 0.15) is 0 Å². The number of hydrogen-bond donors (Lipinski definition) is 1. The molecule has 1 aromatic rings. The monoisotopic (exact) mass is 416 g/mol. The second kappa shape index (κ2) is 10.5. The van der Waals surface area contributed by atoms with Crippen LogP contribution in [0.25, 0.3) is 0 Å². The Balaban J connectivity index is 0.00000182. The Morgan fingerprint density at radius 3 is 2.30 bits per heavy atom. The Kier molecular flexibility index (Phi) is 9.35. The van der Waals surface area contributed by atoms with E-state index in [1.165, 1.54) is 5.69 Å². The van der Waals surface area contributed by atoms with E-state index in [4.69, 9.17) is 5.73 Å². The van der Waals surface area contributed by atoms with Crippen LogP contribution in [-0.2, 0) is 4.79 Å². The van der Waals surface area contributed by atoms with Crippen LogP contribution in [0.4, 0.5) is 5.69 Å². The highest BCUT2D eigenvalue weighted by atomic mass is 35.5. The number of benzene rings is 1. The van der Waals surface area contributed by atoms with Crippen molar-refractivity contribution in [3.8, 4) is 0 Å². The van der Waals surface area contributed by atoms with Crippen LogP contribution in [0, 0.1) is 5.41 Å². The number of nitrogens with zero attached hydrogens (tertiary/aromatic N) is 3. The van der Waals surface area contributed by atoms with Crippen LogP contribution in [0.1, 0.15) is 26.7 Å². The molecule has 0 radical (unpaired) electrons. The molecular formula is C20H34Cl2N4O. The van der Waals surface area contributed by atoms with E-state index in [1.54, 1.807) is 0 Å². The van der Waals surface area contributed by atoms with Gasteiger partial charge in [0.2, 0.25) is 5.91 Å². The third-order valence-corrected chi connectivity index (χ3v) is 5.80.